The Morgan fingerprint density at radius 3 is 2.44 bits per heavy atom. The lowest BCUT2D eigenvalue weighted by atomic mass is 10.0. The summed E-state index contributed by atoms with van der Waals surface area (Å²) in [5, 5.41) is 3.64. The number of piperazine rings is 1. The molecule has 0 bridgehead atoms. The number of hydrogen-bond donors (Lipinski definition) is 1. The quantitative estimate of drug-likeness (QED) is 0.371. The Kier molecular flexibility index (Phi) is 8.37. The van der Waals surface area contributed by atoms with E-state index in [9.17, 15) is 9.59 Å². The van der Waals surface area contributed by atoms with Gasteiger partial charge in [-0.05, 0) is 58.9 Å². The second-order valence-electron chi connectivity index (χ2n) is 9.75. The zero-order chi connectivity index (χ0) is 23.1. The molecule has 0 aliphatic carbocycles. The molecular formula is C24H38N4O4. The van der Waals surface area contributed by atoms with Crippen molar-refractivity contribution in [1.29, 1.82) is 0 Å². The van der Waals surface area contributed by atoms with Crippen molar-refractivity contribution in [3.8, 4) is 0 Å². The van der Waals surface area contributed by atoms with Crippen LogP contribution in [0, 0.1) is 0 Å². The molecule has 2 heterocycles. The lowest BCUT2D eigenvalue weighted by Gasteiger charge is -2.35. The number of carbonyl (C=O) groups excluding carboxylic acids is 2. The number of hydrogen-bond acceptors (Lipinski definition) is 8. The maximum Gasteiger partial charge on any atom is 0.340 e. The number of rotatable bonds is 8. The third-order valence-corrected chi connectivity index (χ3v) is 6.03. The molecule has 178 valence electrons. The lowest BCUT2D eigenvalue weighted by molar-refractivity contribution is -0.129. The fourth-order valence-corrected chi connectivity index (χ4v) is 4.17. The van der Waals surface area contributed by atoms with E-state index in [1.165, 1.54) is 0 Å². The number of carbonyl (C=O) groups is 2. The van der Waals surface area contributed by atoms with Gasteiger partial charge < -0.3 is 24.6 Å². The lowest BCUT2D eigenvalue weighted by Crippen LogP contribution is -2.44. The van der Waals surface area contributed by atoms with Crippen LogP contribution in [0.3, 0.4) is 0 Å². The summed E-state index contributed by atoms with van der Waals surface area (Å²) in [5.41, 5.74) is 2.02. The largest absolute Gasteiger partial charge is 0.467 e. The van der Waals surface area contributed by atoms with E-state index in [0.29, 0.717) is 18.6 Å². The molecule has 1 aromatic rings. The molecule has 0 atom stereocenters. The standard InChI is InChI=1S/C24H38N4O4/c1-24(2,3)32-23(30)21-6-5-20(28-13-11-26(4)12-14-28)17-22(21)25-19-7-9-27(10-8-19)15-16-31-18-29/h5-6,17-19,25H,7-16H2,1-4H3. The highest BCUT2D eigenvalue weighted by atomic mass is 16.6. The smallest absolute Gasteiger partial charge is 0.340 e. The van der Waals surface area contributed by atoms with Gasteiger partial charge in [0, 0.05) is 57.5 Å². The van der Waals surface area contributed by atoms with Crippen LogP contribution in [0.2, 0.25) is 0 Å². The molecule has 2 fully saturated rings. The Morgan fingerprint density at radius 1 is 1.12 bits per heavy atom. The van der Waals surface area contributed by atoms with E-state index in [1.54, 1.807) is 0 Å². The average Bonchev–Trinajstić information content (AvgIpc) is 2.74. The van der Waals surface area contributed by atoms with Gasteiger partial charge in [0.05, 0.1) is 11.3 Å². The molecule has 2 aliphatic heterocycles. The van der Waals surface area contributed by atoms with Gasteiger partial charge in [0.1, 0.15) is 12.2 Å². The van der Waals surface area contributed by atoms with Gasteiger partial charge in [-0.15, -0.1) is 0 Å². The van der Waals surface area contributed by atoms with E-state index < -0.39 is 5.60 Å². The van der Waals surface area contributed by atoms with E-state index in [2.05, 4.69) is 33.1 Å². The number of esters is 1. The van der Waals surface area contributed by atoms with Crippen molar-refractivity contribution < 1.29 is 19.1 Å². The monoisotopic (exact) mass is 446 g/mol. The van der Waals surface area contributed by atoms with Crippen LogP contribution in [-0.4, -0.2) is 93.4 Å². The summed E-state index contributed by atoms with van der Waals surface area (Å²) in [4.78, 5) is 30.3. The summed E-state index contributed by atoms with van der Waals surface area (Å²) in [6, 6.07) is 6.32. The van der Waals surface area contributed by atoms with Crippen molar-refractivity contribution in [2.45, 2.75) is 45.3 Å². The van der Waals surface area contributed by atoms with Crippen molar-refractivity contribution in [1.82, 2.24) is 9.80 Å². The van der Waals surface area contributed by atoms with Crippen LogP contribution < -0.4 is 10.2 Å². The highest BCUT2D eigenvalue weighted by Crippen LogP contribution is 2.28. The molecule has 3 rings (SSSR count). The molecule has 2 saturated heterocycles. The minimum atomic E-state index is -0.542. The van der Waals surface area contributed by atoms with E-state index in [4.69, 9.17) is 9.47 Å². The third-order valence-electron chi connectivity index (χ3n) is 6.03. The highest BCUT2D eigenvalue weighted by molar-refractivity contribution is 5.96. The predicted molar refractivity (Wildman–Crippen MR) is 126 cm³/mol. The van der Waals surface area contributed by atoms with E-state index in [-0.39, 0.29) is 12.0 Å². The zero-order valence-corrected chi connectivity index (χ0v) is 19.9. The minimum absolute atomic E-state index is 0.280. The van der Waals surface area contributed by atoms with Gasteiger partial charge >= 0.3 is 5.97 Å². The van der Waals surface area contributed by atoms with Crippen LogP contribution in [0.15, 0.2) is 18.2 Å². The zero-order valence-electron chi connectivity index (χ0n) is 19.9. The number of likely N-dealkylation sites (N-methyl/N-ethyl adjacent to an activating group) is 1. The molecule has 8 heteroatoms. The number of anilines is 2. The average molecular weight is 447 g/mol. The van der Waals surface area contributed by atoms with E-state index in [0.717, 1.165) is 70.0 Å². The molecule has 0 amide bonds. The maximum absolute atomic E-state index is 12.9. The van der Waals surface area contributed by atoms with Gasteiger partial charge in [0.15, 0.2) is 0 Å². The minimum Gasteiger partial charge on any atom is -0.467 e. The summed E-state index contributed by atoms with van der Waals surface area (Å²) in [6.45, 7) is 13.2. The molecule has 0 unspecified atom stereocenters. The molecule has 0 radical (unpaired) electrons. The van der Waals surface area contributed by atoms with Crippen LogP contribution in [0.4, 0.5) is 11.4 Å². The number of likely N-dealkylation sites (tertiary alicyclic amines) is 1. The van der Waals surface area contributed by atoms with Gasteiger partial charge in [-0.2, -0.15) is 0 Å². The molecule has 0 aromatic heterocycles. The van der Waals surface area contributed by atoms with Gasteiger partial charge in [0.2, 0.25) is 0 Å². The van der Waals surface area contributed by atoms with Gasteiger partial charge in [-0.3, -0.25) is 9.69 Å². The second kappa shape index (κ2) is 11.0. The molecule has 0 saturated carbocycles. The van der Waals surface area contributed by atoms with Crippen LogP contribution in [0.1, 0.15) is 44.0 Å². The third kappa shape index (κ3) is 7.10. The summed E-state index contributed by atoms with van der Waals surface area (Å²) in [6.07, 6.45) is 1.93. The summed E-state index contributed by atoms with van der Waals surface area (Å²) in [7, 11) is 2.15. The number of piperidine rings is 1. The first-order valence-corrected chi connectivity index (χ1v) is 11.6. The summed E-state index contributed by atoms with van der Waals surface area (Å²) >= 11 is 0. The van der Waals surface area contributed by atoms with Crippen LogP contribution in [0.25, 0.3) is 0 Å². The number of nitrogens with one attached hydrogen (secondary N) is 1. The Balaban J connectivity index is 1.71. The number of ether oxygens (including phenoxy) is 2. The predicted octanol–water partition coefficient (Wildman–Crippen LogP) is 2.44. The van der Waals surface area contributed by atoms with Crippen molar-refractivity contribution in [3.63, 3.8) is 0 Å². The molecule has 0 spiro atoms. The van der Waals surface area contributed by atoms with E-state index >= 15 is 0 Å². The van der Waals surface area contributed by atoms with E-state index in [1.807, 2.05) is 32.9 Å². The fraction of sp³-hybridized carbons (Fsp3) is 0.667. The Bertz CT molecular complexity index is 764. The SMILES string of the molecule is CN1CCN(c2ccc(C(=O)OC(C)(C)C)c(NC3CCN(CCOC=O)CC3)c2)CC1. The first kappa shape index (κ1) is 24.3. The molecule has 32 heavy (non-hydrogen) atoms. The number of benzene rings is 1. The molecule has 1 aromatic carbocycles. The molecule has 2 aliphatic rings. The number of nitrogens with zero attached hydrogens (tertiary/aromatic N) is 3. The van der Waals surface area contributed by atoms with Crippen molar-refractivity contribution in [2.75, 3.05) is 69.7 Å². The van der Waals surface area contributed by atoms with Crippen LogP contribution in [-0.2, 0) is 14.3 Å². The molecule has 1 N–H and O–H groups in total. The molecule has 8 nitrogen and oxygen atoms in total. The Hall–Kier alpha value is -2.32. The fourth-order valence-electron chi connectivity index (χ4n) is 4.17. The summed E-state index contributed by atoms with van der Waals surface area (Å²) in [5.74, 6) is -0.298. The maximum atomic E-state index is 12.9. The van der Waals surface area contributed by atoms with Gasteiger partial charge in [-0.1, -0.05) is 0 Å². The topological polar surface area (TPSA) is 74.3 Å². The van der Waals surface area contributed by atoms with Gasteiger partial charge in [-0.25, -0.2) is 4.79 Å². The van der Waals surface area contributed by atoms with Crippen molar-refractivity contribution in [3.05, 3.63) is 23.8 Å². The Labute approximate surface area is 191 Å². The van der Waals surface area contributed by atoms with Gasteiger partial charge in [0.25, 0.3) is 6.47 Å². The van der Waals surface area contributed by atoms with Crippen molar-refractivity contribution in [2.24, 2.45) is 0 Å². The van der Waals surface area contributed by atoms with Crippen LogP contribution in [0.5, 0.6) is 0 Å². The summed E-state index contributed by atoms with van der Waals surface area (Å²) < 4.78 is 10.5. The highest BCUT2D eigenvalue weighted by Gasteiger charge is 2.25. The normalized spacial score (nSPS) is 18.9. The van der Waals surface area contributed by atoms with Crippen molar-refractivity contribution >= 4 is 23.8 Å². The first-order chi connectivity index (χ1) is 15.2. The Morgan fingerprint density at radius 2 is 1.81 bits per heavy atom. The van der Waals surface area contributed by atoms with Crippen LogP contribution >= 0.6 is 0 Å². The molecular weight excluding hydrogens is 408 g/mol. The first-order valence-electron chi connectivity index (χ1n) is 11.6. The second-order valence-corrected chi connectivity index (χ2v) is 9.75.